The van der Waals surface area contributed by atoms with Crippen LogP contribution in [-0.2, 0) is 0 Å². The SMILES string of the molecule is COc1ccccc1ON1CCNCC1c1cccnc1. The molecule has 110 valence electrons. The molecule has 1 fully saturated rings. The van der Waals surface area contributed by atoms with Gasteiger partial charge in [0.05, 0.1) is 13.2 Å². The first kappa shape index (κ1) is 13.9. The van der Waals surface area contributed by atoms with Gasteiger partial charge in [0.1, 0.15) is 0 Å². The third kappa shape index (κ3) is 3.15. The van der Waals surface area contributed by atoms with E-state index in [0.29, 0.717) is 0 Å². The molecule has 1 unspecified atom stereocenters. The second-order valence-electron chi connectivity index (χ2n) is 4.89. The van der Waals surface area contributed by atoms with E-state index in [1.165, 1.54) is 0 Å². The van der Waals surface area contributed by atoms with Crippen LogP contribution in [0.4, 0.5) is 0 Å². The van der Waals surface area contributed by atoms with Crippen molar-refractivity contribution in [2.45, 2.75) is 6.04 Å². The molecule has 1 atom stereocenters. The lowest BCUT2D eigenvalue weighted by molar-refractivity contribution is -0.109. The van der Waals surface area contributed by atoms with Crippen molar-refractivity contribution >= 4 is 0 Å². The van der Waals surface area contributed by atoms with Crippen LogP contribution in [0.3, 0.4) is 0 Å². The predicted molar refractivity (Wildman–Crippen MR) is 80.2 cm³/mol. The molecule has 1 aromatic carbocycles. The molecule has 0 saturated carbocycles. The van der Waals surface area contributed by atoms with Gasteiger partial charge in [-0.25, -0.2) is 0 Å². The van der Waals surface area contributed by atoms with E-state index in [1.807, 2.05) is 41.6 Å². The predicted octanol–water partition coefficient (Wildman–Crippen LogP) is 2.03. The van der Waals surface area contributed by atoms with Crippen LogP contribution < -0.4 is 14.9 Å². The van der Waals surface area contributed by atoms with Crippen LogP contribution in [0.15, 0.2) is 48.8 Å². The molecule has 0 amide bonds. The molecule has 5 nitrogen and oxygen atoms in total. The van der Waals surface area contributed by atoms with Crippen LogP contribution >= 0.6 is 0 Å². The summed E-state index contributed by atoms with van der Waals surface area (Å²) in [7, 11) is 1.65. The standard InChI is InChI=1S/C16H19N3O2/c1-20-15-6-2-3-7-16(15)21-19-10-9-18-12-14(19)13-5-4-8-17-11-13/h2-8,11,14,18H,9-10,12H2,1H3. The molecule has 1 aromatic heterocycles. The summed E-state index contributed by atoms with van der Waals surface area (Å²) in [6.45, 7) is 2.53. The number of aromatic nitrogens is 1. The van der Waals surface area contributed by atoms with Crippen molar-refractivity contribution in [3.05, 3.63) is 54.4 Å². The number of benzene rings is 1. The van der Waals surface area contributed by atoms with Gasteiger partial charge in [0.25, 0.3) is 0 Å². The highest BCUT2D eigenvalue weighted by atomic mass is 16.7. The van der Waals surface area contributed by atoms with Crippen LogP contribution in [0.2, 0.25) is 0 Å². The van der Waals surface area contributed by atoms with Crippen LogP contribution in [0.5, 0.6) is 11.5 Å². The lowest BCUT2D eigenvalue weighted by Crippen LogP contribution is -2.47. The van der Waals surface area contributed by atoms with Crippen LogP contribution in [-0.4, -0.2) is 36.8 Å². The van der Waals surface area contributed by atoms with E-state index in [-0.39, 0.29) is 6.04 Å². The van der Waals surface area contributed by atoms with Crippen molar-refractivity contribution < 1.29 is 9.57 Å². The highest BCUT2D eigenvalue weighted by Gasteiger charge is 2.26. The fourth-order valence-corrected chi connectivity index (χ4v) is 2.47. The number of para-hydroxylation sites is 2. The number of rotatable bonds is 4. The first-order valence-electron chi connectivity index (χ1n) is 7.07. The summed E-state index contributed by atoms with van der Waals surface area (Å²) in [5, 5.41) is 5.39. The Kier molecular flexibility index (Phi) is 4.33. The number of ether oxygens (including phenoxy) is 1. The zero-order chi connectivity index (χ0) is 14.5. The average Bonchev–Trinajstić information content (AvgIpc) is 2.57. The molecule has 21 heavy (non-hydrogen) atoms. The number of methoxy groups -OCH3 is 1. The normalized spacial score (nSPS) is 19.2. The number of nitrogens with zero attached hydrogens (tertiary/aromatic N) is 2. The Balaban J connectivity index is 1.82. The highest BCUT2D eigenvalue weighted by Crippen LogP contribution is 2.30. The topological polar surface area (TPSA) is 46.6 Å². The number of pyridine rings is 1. The summed E-state index contributed by atoms with van der Waals surface area (Å²) < 4.78 is 5.35. The molecule has 0 bridgehead atoms. The van der Waals surface area contributed by atoms with Gasteiger partial charge in [-0.05, 0) is 23.8 Å². The molecule has 0 radical (unpaired) electrons. The van der Waals surface area contributed by atoms with Gasteiger partial charge in [-0.2, -0.15) is 0 Å². The first-order chi connectivity index (χ1) is 10.4. The van der Waals surface area contributed by atoms with E-state index in [2.05, 4.69) is 16.4 Å². The Labute approximate surface area is 124 Å². The summed E-state index contributed by atoms with van der Waals surface area (Å²) >= 11 is 0. The van der Waals surface area contributed by atoms with Gasteiger partial charge in [0, 0.05) is 32.0 Å². The second-order valence-corrected chi connectivity index (χ2v) is 4.89. The summed E-state index contributed by atoms with van der Waals surface area (Å²) in [5.41, 5.74) is 1.14. The molecule has 1 saturated heterocycles. The molecule has 1 aliphatic rings. The van der Waals surface area contributed by atoms with Crippen molar-refractivity contribution in [1.29, 1.82) is 0 Å². The van der Waals surface area contributed by atoms with E-state index in [9.17, 15) is 0 Å². The summed E-state index contributed by atoms with van der Waals surface area (Å²) in [5.74, 6) is 1.47. The number of hydrogen-bond donors (Lipinski definition) is 1. The van der Waals surface area contributed by atoms with Gasteiger partial charge in [-0.15, -0.1) is 5.06 Å². The summed E-state index contributed by atoms with van der Waals surface area (Å²) in [6.07, 6.45) is 3.67. The van der Waals surface area contributed by atoms with Gasteiger partial charge >= 0.3 is 0 Å². The minimum Gasteiger partial charge on any atom is -0.493 e. The van der Waals surface area contributed by atoms with Gasteiger partial charge in [-0.3, -0.25) is 4.98 Å². The zero-order valence-electron chi connectivity index (χ0n) is 12.0. The van der Waals surface area contributed by atoms with Crippen molar-refractivity contribution in [2.24, 2.45) is 0 Å². The number of piperazine rings is 1. The molecule has 5 heteroatoms. The minimum atomic E-state index is 0.136. The third-order valence-electron chi connectivity index (χ3n) is 3.55. The van der Waals surface area contributed by atoms with Crippen molar-refractivity contribution in [3.8, 4) is 11.5 Å². The number of hydrogen-bond acceptors (Lipinski definition) is 5. The van der Waals surface area contributed by atoms with Crippen molar-refractivity contribution in [3.63, 3.8) is 0 Å². The van der Waals surface area contributed by atoms with Crippen molar-refractivity contribution in [1.82, 2.24) is 15.4 Å². The maximum absolute atomic E-state index is 6.08. The van der Waals surface area contributed by atoms with Crippen LogP contribution in [0, 0.1) is 0 Å². The third-order valence-corrected chi connectivity index (χ3v) is 3.55. The maximum atomic E-state index is 6.08. The fraction of sp³-hybridized carbons (Fsp3) is 0.312. The van der Waals surface area contributed by atoms with Crippen molar-refractivity contribution in [2.75, 3.05) is 26.7 Å². The van der Waals surface area contributed by atoms with E-state index >= 15 is 0 Å². The maximum Gasteiger partial charge on any atom is 0.189 e. The van der Waals surface area contributed by atoms with E-state index in [0.717, 1.165) is 36.7 Å². The highest BCUT2D eigenvalue weighted by molar-refractivity contribution is 5.39. The molecule has 3 rings (SSSR count). The first-order valence-corrected chi connectivity index (χ1v) is 7.07. The second kappa shape index (κ2) is 6.56. The molecule has 0 spiro atoms. The minimum absolute atomic E-state index is 0.136. The van der Waals surface area contributed by atoms with E-state index < -0.39 is 0 Å². The quantitative estimate of drug-likeness (QED) is 0.931. The van der Waals surface area contributed by atoms with E-state index in [4.69, 9.17) is 9.57 Å². The smallest absolute Gasteiger partial charge is 0.189 e. The van der Waals surface area contributed by atoms with Gasteiger partial charge < -0.3 is 14.9 Å². The Morgan fingerprint density at radius 1 is 1.19 bits per heavy atom. The Bertz CT molecular complexity index is 577. The van der Waals surface area contributed by atoms with E-state index in [1.54, 1.807) is 13.3 Å². The lowest BCUT2D eigenvalue weighted by Gasteiger charge is -2.35. The Hall–Kier alpha value is -2.11. The largest absolute Gasteiger partial charge is 0.493 e. The lowest BCUT2D eigenvalue weighted by atomic mass is 10.1. The van der Waals surface area contributed by atoms with Gasteiger partial charge in [-0.1, -0.05) is 18.2 Å². The molecular weight excluding hydrogens is 266 g/mol. The Morgan fingerprint density at radius 3 is 2.81 bits per heavy atom. The van der Waals surface area contributed by atoms with Gasteiger partial charge in [0.2, 0.25) is 0 Å². The number of hydroxylamine groups is 2. The van der Waals surface area contributed by atoms with Gasteiger partial charge in [0.15, 0.2) is 11.5 Å². The monoisotopic (exact) mass is 285 g/mol. The zero-order valence-corrected chi connectivity index (χ0v) is 12.0. The molecular formula is C16H19N3O2. The van der Waals surface area contributed by atoms with Crippen LogP contribution in [0.25, 0.3) is 0 Å². The van der Waals surface area contributed by atoms with Crippen LogP contribution in [0.1, 0.15) is 11.6 Å². The molecule has 1 N–H and O–H groups in total. The Morgan fingerprint density at radius 2 is 2.05 bits per heavy atom. The molecule has 2 aromatic rings. The number of nitrogens with one attached hydrogen (secondary N) is 1. The molecule has 2 heterocycles. The fourth-order valence-electron chi connectivity index (χ4n) is 2.47. The molecule has 0 aliphatic carbocycles. The summed E-state index contributed by atoms with van der Waals surface area (Å²) in [6, 6.07) is 11.9. The average molecular weight is 285 g/mol. The molecule has 1 aliphatic heterocycles. The summed E-state index contributed by atoms with van der Waals surface area (Å²) in [4.78, 5) is 10.3.